The SMILES string of the molecule is C=C/C=C(\C=C)Cc1n[nH]c(C)c1C(C(C)=C(C)C)c1ccc(C)cc1. The van der Waals surface area contributed by atoms with Gasteiger partial charge < -0.3 is 0 Å². The van der Waals surface area contributed by atoms with Gasteiger partial charge in [-0.05, 0) is 45.8 Å². The Hall–Kier alpha value is -2.61. The molecule has 0 aliphatic heterocycles. The van der Waals surface area contributed by atoms with E-state index in [0.717, 1.165) is 23.4 Å². The Balaban J connectivity index is 2.62. The van der Waals surface area contributed by atoms with E-state index >= 15 is 0 Å². The average Bonchev–Trinajstić information content (AvgIpc) is 2.96. The molecule has 1 unspecified atom stereocenters. The molecule has 1 aromatic heterocycles. The fourth-order valence-electron chi connectivity index (χ4n) is 3.23. The van der Waals surface area contributed by atoms with Gasteiger partial charge in [0.15, 0.2) is 0 Å². The van der Waals surface area contributed by atoms with Crippen molar-refractivity contribution in [3.8, 4) is 0 Å². The number of nitrogens with zero attached hydrogens (tertiary/aromatic N) is 1. The largest absolute Gasteiger partial charge is 0.282 e. The summed E-state index contributed by atoms with van der Waals surface area (Å²) in [5.74, 6) is 0.198. The van der Waals surface area contributed by atoms with Crippen molar-refractivity contribution in [3.05, 3.63) is 100 Å². The van der Waals surface area contributed by atoms with Crippen molar-refractivity contribution in [2.45, 2.75) is 47.0 Å². The minimum atomic E-state index is 0.198. The zero-order valence-electron chi connectivity index (χ0n) is 16.7. The van der Waals surface area contributed by atoms with E-state index in [4.69, 9.17) is 0 Å². The van der Waals surface area contributed by atoms with Crippen molar-refractivity contribution < 1.29 is 0 Å². The smallest absolute Gasteiger partial charge is 0.0710 e. The van der Waals surface area contributed by atoms with Crippen molar-refractivity contribution in [1.29, 1.82) is 0 Å². The first kappa shape index (κ1) is 19.7. The normalized spacial score (nSPS) is 12.6. The Morgan fingerprint density at radius 1 is 1.12 bits per heavy atom. The molecule has 1 N–H and O–H groups in total. The fourth-order valence-corrected chi connectivity index (χ4v) is 3.23. The second kappa shape index (κ2) is 8.66. The Kier molecular flexibility index (Phi) is 6.57. The summed E-state index contributed by atoms with van der Waals surface area (Å²) >= 11 is 0. The van der Waals surface area contributed by atoms with Crippen molar-refractivity contribution in [2.75, 3.05) is 0 Å². The van der Waals surface area contributed by atoms with Gasteiger partial charge in [-0.1, -0.05) is 72.4 Å². The highest BCUT2D eigenvalue weighted by atomic mass is 15.1. The maximum absolute atomic E-state index is 4.62. The molecule has 2 nitrogen and oxygen atoms in total. The number of benzene rings is 1. The Morgan fingerprint density at radius 2 is 1.77 bits per heavy atom. The zero-order valence-corrected chi connectivity index (χ0v) is 16.7. The molecule has 1 heterocycles. The van der Waals surface area contributed by atoms with Crippen LogP contribution in [0.5, 0.6) is 0 Å². The molecule has 2 rings (SSSR count). The molecule has 0 saturated heterocycles. The van der Waals surface area contributed by atoms with Crippen LogP contribution in [0.3, 0.4) is 0 Å². The molecule has 136 valence electrons. The van der Waals surface area contributed by atoms with Crippen LogP contribution < -0.4 is 0 Å². The van der Waals surface area contributed by atoms with Crippen LogP contribution in [0.4, 0.5) is 0 Å². The van der Waals surface area contributed by atoms with Crippen molar-refractivity contribution in [2.24, 2.45) is 0 Å². The highest BCUT2D eigenvalue weighted by Crippen LogP contribution is 2.37. The summed E-state index contributed by atoms with van der Waals surface area (Å²) < 4.78 is 0. The van der Waals surface area contributed by atoms with Crippen LogP contribution in [-0.2, 0) is 6.42 Å². The topological polar surface area (TPSA) is 28.7 Å². The van der Waals surface area contributed by atoms with Crippen LogP contribution in [0.15, 0.2) is 72.4 Å². The molecule has 26 heavy (non-hydrogen) atoms. The van der Waals surface area contributed by atoms with Gasteiger partial charge in [-0.2, -0.15) is 5.10 Å². The zero-order chi connectivity index (χ0) is 19.3. The minimum absolute atomic E-state index is 0.198. The molecule has 2 aromatic rings. The third-order valence-corrected chi connectivity index (χ3v) is 4.96. The molecule has 0 spiro atoms. The van der Waals surface area contributed by atoms with Gasteiger partial charge in [-0.25, -0.2) is 0 Å². The second-order valence-corrected chi connectivity index (χ2v) is 7.09. The third kappa shape index (κ3) is 4.32. The molecule has 0 aliphatic rings. The Morgan fingerprint density at radius 3 is 2.31 bits per heavy atom. The number of allylic oxidation sites excluding steroid dienone is 6. The quantitative estimate of drug-likeness (QED) is 0.459. The van der Waals surface area contributed by atoms with E-state index in [2.05, 4.69) is 82.2 Å². The maximum atomic E-state index is 4.62. The number of H-pyrrole nitrogens is 1. The maximum Gasteiger partial charge on any atom is 0.0710 e. The highest BCUT2D eigenvalue weighted by Gasteiger charge is 2.24. The van der Waals surface area contributed by atoms with E-state index in [1.807, 2.05) is 12.2 Å². The van der Waals surface area contributed by atoms with Gasteiger partial charge in [0, 0.05) is 23.6 Å². The number of hydrogen-bond donors (Lipinski definition) is 1. The first-order chi connectivity index (χ1) is 12.4. The lowest BCUT2D eigenvalue weighted by Crippen LogP contribution is -2.08. The predicted molar refractivity (Wildman–Crippen MR) is 113 cm³/mol. The summed E-state index contributed by atoms with van der Waals surface area (Å²) in [7, 11) is 0. The average molecular weight is 347 g/mol. The lowest BCUT2D eigenvalue weighted by Gasteiger charge is -2.22. The number of hydrogen-bond acceptors (Lipinski definition) is 1. The van der Waals surface area contributed by atoms with Crippen LogP contribution >= 0.6 is 0 Å². The van der Waals surface area contributed by atoms with Crippen molar-refractivity contribution in [1.82, 2.24) is 10.2 Å². The fraction of sp³-hybridized carbons (Fsp3) is 0.292. The number of nitrogens with one attached hydrogen (secondary N) is 1. The molecule has 0 aliphatic carbocycles. The van der Waals surface area contributed by atoms with Gasteiger partial charge in [0.05, 0.1) is 5.69 Å². The van der Waals surface area contributed by atoms with Crippen molar-refractivity contribution >= 4 is 0 Å². The number of aromatic nitrogens is 2. The van der Waals surface area contributed by atoms with Crippen LogP contribution in [-0.4, -0.2) is 10.2 Å². The lowest BCUT2D eigenvalue weighted by molar-refractivity contribution is 0.891. The summed E-state index contributed by atoms with van der Waals surface area (Å²) in [5, 5.41) is 7.83. The van der Waals surface area contributed by atoms with Gasteiger partial charge in [-0.3, -0.25) is 5.10 Å². The standard InChI is InChI=1S/C24H30N2/c1-8-10-20(9-2)15-22-24(19(7)25-26-22)23(18(6)16(3)4)21-13-11-17(5)12-14-21/h8-14,23H,1-2,15H2,3-7H3,(H,25,26)/b20-10+. The first-order valence-corrected chi connectivity index (χ1v) is 9.07. The molecule has 0 saturated carbocycles. The summed E-state index contributed by atoms with van der Waals surface area (Å²) in [6, 6.07) is 8.83. The monoisotopic (exact) mass is 346 g/mol. The molecule has 0 bridgehead atoms. The van der Waals surface area contributed by atoms with Gasteiger partial charge in [-0.15, -0.1) is 0 Å². The Labute approximate surface area is 158 Å². The van der Waals surface area contributed by atoms with Crippen LogP contribution in [0.1, 0.15) is 54.8 Å². The summed E-state index contributed by atoms with van der Waals surface area (Å²) in [6.07, 6.45) is 6.42. The molecular weight excluding hydrogens is 316 g/mol. The summed E-state index contributed by atoms with van der Waals surface area (Å²) in [4.78, 5) is 0. The molecule has 1 atom stereocenters. The van der Waals surface area contributed by atoms with Crippen molar-refractivity contribution in [3.63, 3.8) is 0 Å². The molecular formula is C24H30N2. The highest BCUT2D eigenvalue weighted by molar-refractivity contribution is 5.47. The van der Waals surface area contributed by atoms with Gasteiger partial charge in [0.1, 0.15) is 0 Å². The third-order valence-electron chi connectivity index (χ3n) is 4.96. The summed E-state index contributed by atoms with van der Waals surface area (Å²) in [6.45, 7) is 18.5. The van der Waals surface area contributed by atoms with E-state index in [1.54, 1.807) is 6.08 Å². The van der Waals surface area contributed by atoms with E-state index in [0.29, 0.717) is 0 Å². The number of aryl methyl sites for hydroxylation is 2. The second-order valence-electron chi connectivity index (χ2n) is 7.09. The first-order valence-electron chi connectivity index (χ1n) is 9.07. The van der Waals surface area contributed by atoms with E-state index in [9.17, 15) is 0 Å². The van der Waals surface area contributed by atoms with E-state index in [1.165, 1.54) is 27.8 Å². The van der Waals surface area contributed by atoms with E-state index in [-0.39, 0.29) is 5.92 Å². The molecule has 0 amide bonds. The van der Waals surface area contributed by atoms with Gasteiger partial charge in [0.2, 0.25) is 0 Å². The number of rotatable bonds is 7. The van der Waals surface area contributed by atoms with Gasteiger partial charge >= 0.3 is 0 Å². The molecule has 1 aromatic carbocycles. The molecule has 2 heteroatoms. The Bertz CT molecular complexity index is 841. The van der Waals surface area contributed by atoms with Crippen LogP contribution in [0.25, 0.3) is 0 Å². The molecule has 0 radical (unpaired) electrons. The van der Waals surface area contributed by atoms with Gasteiger partial charge in [0.25, 0.3) is 0 Å². The predicted octanol–water partition coefficient (Wildman–Crippen LogP) is 6.36. The number of aromatic amines is 1. The van der Waals surface area contributed by atoms with E-state index < -0.39 is 0 Å². The van der Waals surface area contributed by atoms with Crippen LogP contribution in [0.2, 0.25) is 0 Å². The molecule has 0 fully saturated rings. The lowest BCUT2D eigenvalue weighted by atomic mass is 9.81. The van der Waals surface area contributed by atoms with Crippen LogP contribution in [0, 0.1) is 13.8 Å². The minimum Gasteiger partial charge on any atom is -0.282 e. The summed E-state index contributed by atoms with van der Waals surface area (Å²) in [5.41, 5.74) is 9.85.